The molecule has 0 spiro atoms. The van der Waals surface area contributed by atoms with Crippen LogP contribution in [0.3, 0.4) is 0 Å². The summed E-state index contributed by atoms with van der Waals surface area (Å²) in [4.78, 5) is 27.5. The third-order valence-corrected chi connectivity index (χ3v) is 6.20. The summed E-state index contributed by atoms with van der Waals surface area (Å²) in [5.74, 6) is -0.378. The molecule has 7 heteroatoms. The van der Waals surface area contributed by atoms with Gasteiger partial charge in [-0.05, 0) is 50.5 Å². The van der Waals surface area contributed by atoms with Crippen LogP contribution in [0.2, 0.25) is 15.1 Å². The van der Waals surface area contributed by atoms with E-state index in [9.17, 15) is 9.59 Å². The fourth-order valence-electron chi connectivity index (χ4n) is 2.99. The van der Waals surface area contributed by atoms with E-state index in [-0.39, 0.29) is 30.8 Å². The molecule has 0 saturated carbocycles. The molecular weight excluding hydrogens is 443 g/mol. The zero-order chi connectivity index (χ0) is 22.3. The molecule has 0 fully saturated rings. The number of hydrogen-bond donors (Lipinski definition) is 1. The van der Waals surface area contributed by atoms with E-state index in [1.54, 1.807) is 31.2 Å². The van der Waals surface area contributed by atoms with Crippen LogP contribution in [0.5, 0.6) is 0 Å². The van der Waals surface area contributed by atoms with Crippen molar-refractivity contribution in [2.45, 2.75) is 58.7 Å². The maximum Gasteiger partial charge on any atom is 0.242 e. The summed E-state index contributed by atoms with van der Waals surface area (Å²) in [5.41, 5.74) is 1.51. The molecule has 0 aliphatic carbocycles. The van der Waals surface area contributed by atoms with Crippen LogP contribution >= 0.6 is 34.8 Å². The second kappa shape index (κ2) is 11.6. The van der Waals surface area contributed by atoms with Crippen LogP contribution in [-0.2, 0) is 22.6 Å². The molecule has 0 heterocycles. The maximum atomic E-state index is 13.2. The molecule has 0 saturated heterocycles. The first-order chi connectivity index (χ1) is 14.2. The number of carbonyl (C=O) groups is 2. The Morgan fingerprint density at radius 1 is 0.967 bits per heavy atom. The topological polar surface area (TPSA) is 49.4 Å². The summed E-state index contributed by atoms with van der Waals surface area (Å²) < 4.78 is 0. The Hall–Kier alpha value is -1.75. The predicted molar refractivity (Wildman–Crippen MR) is 124 cm³/mol. The molecule has 162 valence electrons. The minimum Gasteiger partial charge on any atom is -0.352 e. The van der Waals surface area contributed by atoms with Crippen molar-refractivity contribution >= 4 is 46.6 Å². The van der Waals surface area contributed by atoms with Crippen LogP contribution in [0.4, 0.5) is 0 Å². The molecule has 4 nitrogen and oxygen atoms in total. The van der Waals surface area contributed by atoms with E-state index >= 15 is 0 Å². The van der Waals surface area contributed by atoms with Crippen LogP contribution in [0.15, 0.2) is 42.5 Å². The van der Waals surface area contributed by atoms with Gasteiger partial charge in [-0.1, -0.05) is 66.0 Å². The Labute approximate surface area is 193 Å². The summed E-state index contributed by atoms with van der Waals surface area (Å²) in [7, 11) is 0. The Balaban J connectivity index is 2.24. The molecule has 2 amide bonds. The number of carbonyl (C=O) groups excluding carboxylic acids is 2. The minimum atomic E-state index is -0.676. The average Bonchev–Trinajstić information content (AvgIpc) is 2.72. The molecule has 2 aromatic rings. The van der Waals surface area contributed by atoms with E-state index in [0.717, 1.165) is 12.0 Å². The summed E-state index contributed by atoms with van der Waals surface area (Å²) in [6.45, 7) is 5.79. The normalized spacial score (nSPS) is 12.9. The lowest BCUT2D eigenvalue weighted by molar-refractivity contribution is -0.140. The van der Waals surface area contributed by atoms with Crippen LogP contribution in [0.25, 0.3) is 0 Å². The van der Waals surface area contributed by atoms with Gasteiger partial charge < -0.3 is 10.2 Å². The van der Waals surface area contributed by atoms with Gasteiger partial charge in [0.25, 0.3) is 0 Å². The fourth-order valence-corrected chi connectivity index (χ4v) is 3.74. The lowest BCUT2D eigenvalue weighted by atomic mass is 10.1. The summed E-state index contributed by atoms with van der Waals surface area (Å²) >= 11 is 18.9. The Morgan fingerprint density at radius 3 is 2.17 bits per heavy atom. The van der Waals surface area contributed by atoms with Gasteiger partial charge in [-0.25, -0.2) is 0 Å². The van der Waals surface area contributed by atoms with Crippen molar-refractivity contribution in [2.24, 2.45) is 0 Å². The van der Waals surface area contributed by atoms with Gasteiger partial charge in [0.05, 0.1) is 0 Å². The van der Waals surface area contributed by atoms with Crippen LogP contribution < -0.4 is 5.32 Å². The van der Waals surface area contributed by atoms with Gasteiger partial charge in [0.1, 0.15) is 6.04 Å². The number of nitrogens with zero attached hydrogens (tertiary/aromatic N) is 1. The molecule has 0 radical (unpaired) electrons. The van der Waals surface area contributed by atoms with E-state index in [1.165, 1.54) is 4.90 Å². The van der Waals surface area contributed by atoms with E-state index in [4.69, 9.17) is 34.8 Å². The van der Waals surface area contributed by atoms with E-state index < -0.39 is 6.04 Å². The SMILES string of the molecule is CC[C@H](C)NC(=O)[C@H](C)N(Cc1c(Cl)cccc1Cl)C(=O)CCc1ccccc1Cl. The van der Waals surface area contributed by atoms with Crippen molar-refractivity contribution in [1.82, 2.24) is 10.2 Å². The van der Waals surface area contributed by atoms with Gasteiger partial charge in [-0.2, -0.15) is 0 Å². The van der Waals surface area contributed by atoms with Gasteiger partial charge in [-0.15, -0.1) is 0 Å². The quantitative estimate of drug-likeness (QED) is 0.496. The van der Waals surface area contributed by atoms with Crippen molar-refractivity contribution in [3.8, 4) is 0 Å². The number of nitrogens with one attached hydrogen (secondary N) is 1. The molecule has 1 N–H and O–H groups in total. The predicted octanol–water partition coefficient (Wildman–Crippen LogP) is 5.91. The van der Waals surface area contributed by atoms with Crippen molar-refractivity contribution in [2.75, 3.05) is 0 Å². The van der Waals surface area contributed by atoms with E-state index in [2.05, 4.69) is 5.32 Å². The standard InChI is InChI=1S/C23H27Cl3N2O2/c1-4-15(2)27-23(30)16(3)28(14-18-20(25)10-7-11-21(18)26)22(29)13-12-17-8-5-6-9-19(17)24/h5-11,15-16H,4,12-14H2,1-3H3,(H,27,30)/t15-,16-/m0/s1. The minimum absolute atomic E-state index is 0.0175. The third-order valence-electron chi connectivity index (χ3n) is 5.12. The lowest BCUT2D eigenvalue weighted by Gasteiger charge is -2.30. The number of amides is 2. The molecule has 0 aromatic heterocycles. The molecule has 2 rings (SSSR count). The van der Waals surface area contributed by atoms with Gasteiger partial charge in [0.2, 0.25) is 11.8 Å². The van der Waals surface area contributed by atoms with Crippen LogP contribution in [0, 0.1) is 0 Å². The van der Waals surface area contributed by atoms with Crippen molar-refractivity contribution in [3.63, 3.8) is 0 Å². The Kier molecular flexibility index (Phi) is 9.47. The highest BCUT2D eigenvalue weighted by Crippen LogP contribution is 2.27. The molecule has 0 unspecified atom stereocenters. The van der Waals surface area contributed by atoms with Crippen LogP contribution in [-0.4, -0.2) is 28.8 Å². The van der Waals surface area contributed by atoms with Crippen LogP contribution in [0.1, 0.15) is 44.7 Å². The average molecular weight is 470 g/mol. The number of rotatable bonds is 9. The number of halogens is 3. The summed E-state index contributed by atoms with van der Waals surface area (Å²) in [6, 6.07) is 12.0. The number of aryl methyl sites for hydroxylation is 1. The highest BCUT2D eigenvalue weighted by molar-refractivity contribution is 6.36. The maximum absolute atomic E-state index is 13.2. The molecule has 2 atom stereocenters. The van der Waals surface area contributed by atoms with Crippen molar-refractivity contribution < 1.29 is 9.59 Å². The zero-order valence-corrected chi connectivity index (χ0v) is 19.7. The fraction of sp³-hybridized carbons (Fsp3) is 0.391. The molecule has 30 heavy (non-hydrogen) atoms. The van der Waals surface area contributed by atoms with Crippen molar-refractivity contribution in [1.29, 1.82) is 0 Å². The molecule has 0 aliphatic heterocycles. The van der Waals surface area contributed by atoms with Crippen molar-refractivity contribution in [3.05, 3.63) is 68.7 Å². The monoisotopic (exact) mass is 468 g/mol. The van der Waals surface area contributed by atoms with Gasteiger partial charge in [0.15, 0.2) is 0 Å². The number of benzene rings is 2. The van der Waals surface area contributed by atoms with Gasteiger partial charge in [0, 0.05) is 39.6 Å². The molecular formula is C23H27Cl3N2O2. The smallest absolute Gasteiger partial charge is 0.242 e. The summed E-state index contributed by atoms with van der Waals surface area (Å²) in [5, 5.41) is 4.48. The lowest BCUT2D eigenvalue weighted by Crippen LogP contribution is -2.49. The largest absolute Gasteiger partial charge is 0.352 e. The number of hydrogen-bond acceptors (Lipinski definition) is 2. The highest BCUT2D eigenvalue weighted by atomic mass is 35.5. The Morgan fingerprint density at radius 2 is 1.57 bits per heavy atom. The Bertz CT molecular complexity index is 868. The summed E-state index contributed by atoms with van der Waals surface area (Å²) in [6.07, 6.45) is 1.49. The van der Waals surface area contributed by atoms with Gasteiger partial charge >= 0.3 is 0 Å². The van der Waals surface area contributed by atoms with Gasteiger partial charge in [-0.3, -0.25) is 9.59 Å². The second-order valence-electron chi connectivity index (χ2n) is 7.31. The molecule has 0 aliphatic rings. The molecule has 2 aromatic carbocycles. The first-order valence-corrected chi connectivity index (χ1v) is 11.1. The van der Waals surface area contributed by atoms with E-state index in [0.29, 0.717) is 27.1 Å². The first kappa shape index (κ1) is 24.5. The first-order valence-electron chi connectivity index (χ1n) is 10.0. The second-order valence-corrected chi connectivity index (χ2v) is 8.53. The zero-order valence-electron chi connectivity index (χ0n) is 17.4. The van der Waals surface area contributed by atoms with E-state index in [1.807, 2.05) is 32.0 Å². The highest BCUT2D eigenvalue weighted by Gasteiger charge is 2.28. The third kappa shape index (κ3) is 6.63. The molecule has 0 bridgehead atoms.